The zero-order chi connectivity index (χ0) is 21.7. The molecule has 1 aliphatic heterocycles. The van der Waals surface area contributed by atoms with Gasteiger partial charge in [-0.15, -0.1) is 11.3 Å². The van der Waals surface area contributed by atoms with Crippen molar-refractivity contribution in [2.45, 2.75) is 45.4 Å². The van der Waals surface area contributed by atoms with Crippen LogP contribution in [0.1, 0.15) is 42.7 Å². The molecule has 2 heterocycles. The molecule has 2 aromatic rings. The van der Waals surface area contributed by atoms with Gasteiger partial charge < -0.3 is 19.7 Å². The second-order valence-electron chi connectivity index (χ2n) is 7.42. The van der Waals surface area contributed by atoms with Gasteiger partial charge in [-0.3, -0.25) is 14.9 Å². The van der Waals surface area contributed by atoms with Crippen molar-refractivity contribution in [1.82, 2.24) is 15.2 Å². The third-order valence-corrected chi connectivity index (χ3v) is 5.81. The fourth-order valence-electron chi connectivity index (χ4n) is 3.44. The molecule has 0 aliphatic carbocycles. The Hall–Kier alpha value is -2.72. The minimum atomic E-state index is -0.578. The number of likely N-dealkylation sites (tertiary alicyclic amines) is 1. The predicted molar refractivity (Wildman–Crippen MR) is 113 cm³/mol. The summed E-state index contributed by atoms with van der Waals surface area (Å²) in [5.74, 6) is -0.0244. The highest BCUT2D eigenvalue weighted by Gasteiger charge is 2.28. The van der Waals surface area contributed by atoms with Crippen LogP contribution < -0.4 is 14.8 Å². The molecule has 162 valence electrons. The number of hydrogen-bond donors (Lipinski definition) is 1. The maximum Gasteiger partial charge on any atom is 0.286 e. The van der Waals surface area contributed by atoms with Crippen molar-refractivity contribution in [2.75, 3.05) is 20.2 Å². The highest BCUT2D eigenvalue weighted by molar-refractivity contribution is 7.07. The minimum Gasteiger partial charge on any atom is -0.493 e. The molecule has 1 aromatic carbocycles. The van der Waals surface area contributed by atoms with Gasteiger partial charge in [0.05, 0.1) is 29.3 Å². The van der Waals surface area contributed by atoms with Crippen molar-refractivity contribution < 1.29 is 19.2 Å². The predicted octanol–water partition coefficient (Wildman–Crippen LogP) is 3.24. The van der Waals surface area contributed by atoms with Gasteiger partial charge in [0, 0.05) is 36.6 Å². The number of thiazole rings is 1. The standard InChI is InChI=1S/C20H26N4O5S/c1-13(2)23-6-4-14(5-7-23)22-20(25)16-8-18(28-3)19(9-17(16)24(26)27)29-10-15-11-30-12-21-15/h8-9,11-14H,4-7,10H2,1-3H3,(H,22,25). The van der Waals surface area contributed by atoms with Gasteiger partial charge in [-0.2, -0.15) is 0 Å². The average Bonchev–Trinajstić information content (AvgIpc) is 3.25. The number of ether oxygens (including phenoxy) is 2. The molecule has 0 spiro atoms. The molecule has 0 unspecified atom stereocenters. The molecule has 1 aromatic heterocycles. The van der Waals surface area contributed by atoms with Crippen LogP contribution in [0.15, 0.2) is 23.0 Å². The lowest BCUT2D eigenvalue weighted by molar-refractivity contribution is -0.385. The number of methoxy groups -OCH3 is 1. The van der Waals surface area contributed by atoms with Gasteiger partial charge in [0.15, 0.2) is 11.5 Å². The summed E-state index contributed by atoms with van der Waals surface area (Å²) < 4.78 is 11.0. The Kier molecular flexibility index (Phi) is 7.22. The van der Waals surface area contributed by atoms with E-state index in [9.17, 15) is 14.9 Å². The summed E-state index contributed by atoms with van der Waals surface area (Å²) in [6.07, 6.45) is 1.62. The van der Waals surface area contributed by atoms with Crippen molar-refractivity contribution in [3.8, 4) is 11.5 Å². The van der Waals surface area contributed by atoms with Crippen LogP contribution in [0.4, 0.5) is 5.69 Å². The van der Waals surface area contributed by atoms with Gasteiger partial charge in [-0.1, -0.05) is 0 Å². The van der Waals surface area contributed by atoms with Gasteiger partial charge >= 0.3 is 0 Å². The summed E-state index contributed by atoms with van der Waals surface area (Å²) in [7, 11) is 1.43. The van der Waals surface area contributed by atoms with E-state index in [1.165, 1.54) is 30.6 Å². The van der Waals surface area contributed by atoms with E-state index in [0.717, 1.165) is 25.9 Å². The molecule has 30 heavy (non-hydrogen) atoms. The van der Waals surface area contributed by atoms with E-state index < -0.39 is 10.8 Å². The van der Waals surface area contributed by atoms with E-state index in [-0.39, 0.29) is 35.4 Å². The number of nitro groups is 1. The number of nitrogens with one attached hydrogen (secondary N) is 1. The molecule has 1 fully saturated rings. The number of carbonyl (C=O) groups is 1. The maximum atomic E-state index is 12.8. The molecule has 3 rings (SSSR count). The fourth-order valence-corrected chi connectivity index (χ4v) is 3.98. The first-order valence-corrected chi connectivity index (χ1v) is 10.7. The number of aromatic nitrogens is 1. The molecule has 0 radical (unpaired) electrons. The molecule has 0 atom stereocenters. The first-order valence-electron chi connectivity index (χ1n) is 9.80. The normalized spacial score (nSPS) is 15.2. The molecule has 0 saturated carbocycles. The van der Waals surface area contributed by atoms with Gasteiger partial charge in [-0.25, -0.2) is 4.98 Å². The number of nitrogens with zero attached hydrogens (tertiary/aromatic N) is 3. The van der Waals surface area contributed by atoms with E-state index in [1.807, 2.05) is 5.38 Å². The highest BCUT2D eigenvalue weighted by atomic mass is 32.1. The summed E-state index contributed by atoms with van der Waals surface area (Å²) >= 11 is 1.43. The summed E-state index contributed by atoms with van der Waals surface area (Å²) in [6, 6.07) is 3.05. The van der Waals surface area contributed by atoms with Crippen LogP contribution in [0.25, 0.3) is 0 Å². The Morgan fingerprint density at radius 3 is 2.67 bits per heavy atom. The monoisotopic (exact) mass is 434 g/mol. The van der Waals surface area contributed by atoms with Crippen molar-refractivity contribution in [3.63, 3.8) is 0 Å². The van der Waals surface area contributed by atoms with E-state index in [1.54, 1.807) is 5.51 Å². The summed E-state index contributed by atoms with van der Waals surface area (Å²) in [5, 5.41) is 16.4. The largest absolute Gasteiger partial charge is 0.493 e. The van der Waals surface area contributed by atoms with Crippen molar-refractivity contribution >= 4 is 22.9 Å². The molecule has 9 nitrogen and oxygen atoms in total. The Labute approximate surface area is 179 Å². The molecule has 1 aliphatic rings. The maximum absolute atomic E-state index is 12.8. The number of rotatable bonds is 8. The van der Waals surface area contributed by atoms with Crippen LogP contribution in [-0.2, 0) is 6.61 Å². The number of hydrogen-bond acceptors (Lipinski definition) is 8. The zero-order valence-corrected chi connectivity index (χ0v) is 18.1. The molecular formula is C20H26N4O5S. The molecule has 10 heteroatoms. The number of carbonyl (C=O) groups excluding carboxylic acids is 1. The Balaban J connectivity index is 1.76. The van der Waals surface area contributed by atoms with Gasteiger partial charge in [0.25, 0.3) is 11.6 Å². The lowest BCUT2D eigenvalue weighted by atomic mass is 10.0. The smallest absolute Gasteiger partial charge is 0.286 e. The molecule has 1 amide bonds. The van der Waals surface area contributed by atoms with Crippen LogP contribution in [0, 0.1) is 10.1 Å². The van der Waals surface area contributed by atoms with Crippen molar-refractivity contribution in [3.05, 3.63) is 44.4 Å². The summed E-state index contributed by atoms with van der Waals surface area (Å²) in [4.78, 5) is 30.4. The van der Waals surface area contributed by atoms with Gasteiger partial charge in [0.1, 0.15) is 12.2 Å². The molecular weight excluding hydrogens is 408 g/mol. The Morgan fingerprint density at radius 1 is 1.37 bits per heavy atom. The SMILES string of the molecule is COc1cc(C(=O)NC2CCN(C(C)C)CC2)c([N+](=O)[O-])cc1OCc1cscn1. The average molecular weight is 435 g/mol. The Morgan fingerprint density at radius 2 is 2.10 bits per heavy atom. The molecule has 1 saturated heterocycles. The quantitative estimate of drug-likeness (QED) is 0.502. The second kappa shape index (κ2) is 9.86. The highest BCUT2D eigenvalue weighted by Crippen LogP contribution is 2.35. The van der Waals surface area contributed by atoms with Crippen LogP contribution in [-0.4, -0.2) is 53.0 Å². The zero-order valence-electron chi connectivity index (χ0n) is 17.3. The second-order valence-corrected chi connectivity index (χ2v) is 8.14. The van der Waals surface area contributed by atoms with Crippen molar-refractivity contribution in [2.24, 2.45) is 0 Å². The summed E-state index contributed by atoms with van der Waals surface area (Å²) in [6.45, 7) is 6.21. The topological polar surface area (TPSA) is 107 Å². The number of amides is 1. The lowest BCUT2D eigenvalue weighted by Crippen LogP contribution is -2.46. The number of piperidine rings is 1. The van der Waals surface area contributed by atoms with E-state index in [2.05, 4.69) is 29.0 Å². The lowest BCUT2D eigenvalue weighted by Gasteiger charge is -2.34. The van der Waals surface area contributed by atoms with Gasteiger partial charge in [-0.05, 0) is 26.7 Å². The van der Waals surface area contributed by atoms with Gasteiger partial charge in [0.2, 0.25) is 0 Å². The van der Waals surface area contributed by atoms with Crippen LogP contribution in [0.5, 0.6) is 11.5 Å². The fraction of sp³-hybridized carbons (Fsp3) is 0.500. The minimum absolute atomic E-state index is 0.0151. The third kappa shape index (κ3) is 5.25. The molecule has 0 bridgehead atoms. The third-order valence-electron chi connectivity index (χ3n) is 5.18. The Bertz CT molecular complexity index is 880. The van der Waals surface area contributed by atoms with Crippen LogP contribution in [0.3, 0.4) is 0 Å². The van der Waals surface area contributed by atoms with Crippen LogP contribution >= 0.6 is 11.3 Å². The van der Waals surface area contributed by atoms with E-state index >= 15 is 0 Å². The molecule has 1 N–H and O–H groups in total. The number of nitro benzene ring substituents is 1. The van der Waals surface area contributed by atoms with E-state index in [0.29, 0.717) is 11.7 Å². The first kappa shape index (κ1) is 22.0. The van der Waals surface area contributed by atoms with Crippen molar-refractivity contribution in [1.29, 1.82) is 0 Å². The van der Waals surface area contributed by atoms with E-state index in [4.69, 9.17) is 9.47 Å². The number of benzene rings is 1. The summed E-state index contributed by atoms with van der Waals surface area (Å²) in [5.41, 5.74) is 2.03. The van der Waals surface area contributed by atoms with Crippen LogP contribution in [0.2, 0.25) is 0 Å². The first-order chi connectivity index (χ1) is 14.4.